The van der Waals surface area contributed by atoms with Gasteiger partial charge >= 0.3 is 0 Å². The minimum atomic E-state index is -0.192. The summed E-state index contributed by atoms with van der Waals surface area (Å²) >= 11 is 20.1. The van der Waals surface area contributed by atoms with Gasteiger partial charge in [-0.05, 0) is 60.6 Å². The fourth-order valence-corrected chi connectivity index (χ4v) is 13.6. The molecule has 0 atom stereocenters. The van der Waals surface area contributed by atoms with Crippen LogP contribution in [0.15, 0.2) is 22.1 Å². The molecule has 3 aliphatic rings. The standard InChI is InChI=1S/C25H18N4O2S8/c1-5-28-21(30)19(38-23(28)32)26-11-7-9-15(36-11)13-17(34-9)18-14(25(13,3)4)16-10(35-18)8-12(37-16)27-20-22(31)29(6-2)24(33)39-20/h7-8H,5-6H2,1-4H3. The molecule has 2 fully saturated rings. The number of rotatable bonds is 4. The molecule has 14 heteroatoms. The Labute approximate surface area is 259 Å². The third kappa shape index (κ3) is 3.83. The van der Waals surface area contributed by atoms with E-state index in [2.05, 4.69) is 26.0 Å². The number of amides is 2. The van der Waals surface area contributed by atoms with Crippen molar-refractivity contribution in [3.05, 3.63) is 23.3 Å². The highest BCUT2D eigenvalue weighted by molar-refractivity contribution is 8.35. The number of thiophene rings is 4. The molecule has 0 spiro atoms. The number of hydrogen-bond acceptors (Lipinski definition) is 12. The van der Waals surface area contributed by atoms with Gasteiger partial charge in [-0.1, -0.05) is 38.3 Å². The zero-order chi connectivity index (χ0) is 27.4. The number of aliphatic imine (C=N–C) groups is 2. The monoisotopic (exact) mass is 662 g/mol. The first-order valence-electron chi connectivity index (χ1n) is 12.0. The normalized spacial score (nSPS) is 20.7. The quantitative estimate of drug-likeness (QED) is 0.205. The summed E-state index contributed by atoms with van der Waals surface area (Å²) in [5, 5.41) is 2.56. The average Bonchev–Trinajstić information content (AvgIpc) is 3.68. The molecule has 0 unspecified atom stereocenters. The maximum absolute atomic E-state index is 12.7. The van der Waals surface area contributed by atoms with Crippen molar-refractivity contribution in [2.45, 2.75) is 33.1 Å². The topological polar surface area (TPSA) is 65.3 Å². The molecule has 6 nitrogen and oxygen atoms in total. The predicted octanol–water partition coefficient (Wildman–Crippen LogP) is 8.37. The fourth-order valence-electron chi connectivity index (χ4n) is 5.09. The summed E-state index contributed by atoms with van der Waals surface area (Å²) < 4.78 is 6.00. The van der Waals surface area contributed by atoms with Crippen LogP contribution in [0.25, 0.3) is 28.6 Å². The molecule has 0 saturated carbocycles. The molecule has 0 N–H and O–H groups in total. The third-order valence-corrected chi connectivity index (χ3v) is 14.3. The summed E-state index contributed by atoms with van der Waals surface area (Å²) in [6, 6.07) is 4.20. The van der Waals surface area contributed by atoms with E-state index in [1.54, 1.807) is 55.1 Å². The highest BCUT2D eigenvalue weighted by Gasteiger charge is 2.43. The first-order chi connectivity index (χ1) is 18.6. The van der Waals surface area contributed by atoms with Crippen molar-refractivity contribution in [1.82, 2.24) is 9.80 Å². The van der Waals surface area contributed by atoms with Gasteiger partial charge in [-0.2, -0.15) is 0 Å². The summed E-state index contributed by atoms with van der Waals surface area (Å²) in [5.74, 6) is -0.225. The van der Waals surface area contributed by atoms with E-state index in [4.69, 9.17) is 34.4 Å². The molecule has 0 radical (unpaired) electrons. The van der Waals surface area contributed by atoms with Crippen LogP contribution in [0.5, 0.6) is 0 Å². The Kier molecular flexibility index (Phi) is 6.25. The Bertz CT molecular complexity index is 1730. The Hall–Kier alpha value is -1.52. The van der Waals surface area contributed by atoms with E-state index >= 15 is 0 Å². The van der Waals surface area contributed by atoms with E-state index in [-0.39, 0.29) is 17.2 Å². The summed E-state index contributed by atoms with van der Waals surface area (Å²) in [5.41, 5.74) is 2.48. The molecule has 2 amide bonds. The summed E-state index contributed by atoms with van der Waals surface area (Å²) in [4.78, 5) is 40.6. The number of carbonyl (C=O) groups excluding carboxylic acids is 2. The van der Waals surface area contributed by atoms with E-state index in [1.165, 1.54) is 63.2 Å². The Morgan fingerprint density at radius 2 is 1.15 bits per heavy atom. The molecule has 7 rings (SSSR count). The zero-order valence-electron chi connectivity index (χ0n) is 20.9. The fraction of sp³-hybridized carbons (Fsp3) is 0.280. The molecule has 0 bridgehead atoms. The number of carbonyl (C=O) groups is 2. The van der Waals surface area contributed by atoms with Gasteiger partial charge in [-0.25, -0.2) is 9.98 Å². The number of thioether (sulfide) groups is 2. The molecule has 39 heavy (non-hydrogen) atoms. The molecule has 4 aromatic heterocycles. The Balaban J connectivity index is 1.26. The lowest BCUT2D eigenvalue weighted by molar-refractivity contribution is -0.120. The van der Waals surface area contributed by atoms with Gasteiger partial charge in [-0.15, -0.1) is 45.3 Å². The molecule has 1 aliphatic carbocycles. The first-order valence-corrected chi connectivity index (χ1v) is 17.7. The molecule has 0 aromatic carbocycles. The van der Waals surface area contributed by atoms with Crippen LogP contribution in [0.2, 0.25) is 0 Å². The van der Waals surface area contributed by atoms with Gasteiger partial charge < -0.3 is 0 Å². The van der Waals surface area contributed by atoms with Gasteiger partial charge in [-0.3, -0.25) is 19.4 Å². The van der Waals surface area contributed by atoms with Crippen LogP contribution >= 0.6 is 93.3 Å². The molecule has 2 saturated heterocycles. The molecular weight excluding hydrogens is 645 g/mol. The predicted molar refractivity (Wildman–Crippen MR) is 180 cm³/mol. The summed E-state index contributed by atoms with van der Waals surface area (Å²) in [6.45, 7) is 9.52. The molecule has 2 aliphatic heterocycles. The van der Waals surface area contributed by atoms with Gasteiger partial charge in [0.1, 0.15) is 18.6 Å². The summed E-state index contributed by atoms with van der Waals surface area (Å²) in [7, 11) is 0. The van der Waals surface area contributed by atoms with E-state index in [1.807, 2.05) is 13.8 Å². The zero-order valence-corrected chi connectivity index (χ0v) is 27.5. The molecular formula is C25H18N4O2S8. The third-order valence-electron chi connectivity index (χ3n) is 6.88. The highest BCUT2D eigenvalue weighted by Crippen LogP contribution is 2.63. The van der Waals surface area contributed by atoms with Crippen LogP contribution in [0.4, 0.5) is 10.0 Å². The van der Waals surface area contributed by atoms with Crippen LogP contribution in [0.3, 0.4) is 0 Å². The van der Waals surface area contributed by atoms with Crippen LogP contribution in [-0.4, -0.2) is 53.4 Å². The summed E-state index contributed by atoms with van der Waals surface area (Å²) in [6.07, 6.45) is 0. The van der Waals surface area contributed by atoms with Crippen molar-refractivity contribution in [1.29, 1.82) is 0 Å². The van der Waals surface area contributed by atoms with Gasteiger partial charge in [0.25, 0.3) is 11.8 Å². The van der Waals surface area contributed by atoms with Gasteiger partial charge in [0, 0.05) is 27.9 Å². The van der Waals surface area contributed by atoms with Crippen molar-refractivity contribution < 1.29 is 9.59 Å². The second kappa shape index (κ2) is 9.24. The smallest absolute Gasteiger partial charge is 0.285 e. The Morgan fingerprint density at radius 1 is 0.744 bits per heavy atom. The molecule has 198 valence electrons. The van der Waals surface area contributed by atoms with Gasteiger partial charge in [0.05, 0.1) is 19.2 Å². The van der Waals surface area contributed by atoms with E-state index < -0.39 is 0 Å². The van der Waals surface area contributed by atoms with Crippen LogP contribution in [-0.2, 0) is 15.0 Å². The number of thiocarbonyl (C=S) groups is 2. The lowest BCUT2D eigenvalue weighted by Gasteiger charge is -2.19. The minimum absolute atomic E-state index is 0.113. The van der Waals surface area contributed by atoms with Crippen molar-refractivity contribution in [3.8, 4) is 9.75 Å². The lowest BCUT2D eigenvalue weighted by atomic mass is 9.84. The van der Waals surface area contributed by atoms with Crippen molar-refractivity contribution >= 4 is 153 Å². The maximum Gasteiger partial charge on any atom is 0.285 e. The molecule has 6 heterocycles. The van der Waals surface area contributed by atoms with E-state index in [9.17, 15) is 9.59 Å². The van der Waals surface area contributed by atoms with Crippen molar-refractivity contribution in [3.63, 3.8) is 0 Å². The molecule has 4 aromatic rings. The maximum atomic E-state index is 12.7. The lowest BCUT2D eigenvalue weighted by Crippen LogP contribution is -2.29. The van der Waals surface area contributed by atoms with E-state index in [0.717, 1.165) is 10.0 Å². The van der Waals surface area contributed by atoms with Gasteiger partial charge in [0.2, 0.25) is 0 Å². The minimum Gasteiger partial charge on any atom is -0.292 e. The van der Waals surface area contributed by atoms with Crippen LogP contribution in [0, 0.1) is 0 Å². The largest absolute Gasteiger partial charge is 0.292 e. The van der Waals surface area contributed by atoms with E-state index in [0.29, 0.717) is 31.8 Å². The second-order valence-corrected chi connectivity index (χ2v) is 16.9. The Morgan fingerprint density at radius 3 is 1.51 bits per heavy atom. The number of hydrogen-bond donors (Lipinski definition) is 0. The SMILES string of the molecule is CCN1C(=O)C(=Nc2cc3sc4c(c3s2)C(C)(C)c2c-4sc3cc(N=C4SC(=S)N(CC)C4=O)sc23)SC1=S. The van der Waals surface area contributed by atoms with Crippen LogP contribution in [0.1, 0.15) is 38.8 Å². The van der Waals surface area contributed by atoms with Crippen molar-refractivity contribution in [2.75, 3.05) is 13.1 Å². The average molecular weight is 663 g/mol. The highest BCUT2D eigenvalue weighted by atomic mass is 32.2. The van der Waals surface area contributed by atoms with Crippen molar-refractivity contribution in [2.24, 2.45) is 9.98 Å². The first kappa shape index (κ1) is 26.4. The second-order valence-electron chi connectivity index (χ2n) is 9.46. The van der Waals surface area contributed by atoms with Gasteiger partial charge in [0.15, 0.2) is 10.1 Å². The van der Waals surface area contributed by atoms with Crippen LogP contribution < -0.4 is 0 Å². The number of fused-ring (bicyclic) bond motifs is 7. The number of nitrogens with zero attached hydrogens (tertiary/aromatic N) is 4.